The first-order valence-electron chi connectivity index (χ1n) is 9.63. The Kier molecular flexibility index (Phi) is 6.46. The van der Waals surface area contributed by atoms with Crippen molar-refractivity contribution in [3.63, 3.8) is 0 Å². The van der Waals surface area contributed by atoms with Crippen LogP contribution in [0.1, 0.15) is 43.1 Å². The average molecular weight is 422 g/mol. The number of benzene rings is 2. The van der Waals surface area contributed by atoms with E-state index < -0.39 is 24.3 Å². The minimum atomic E-state index is -0.502. The smallest absolute Gasteiger partial charge is 0.337 e. The van der Waals surface area contributed by atoms with Gasteiger partial charge in [0.2, 0.25) is 0 Å². The third-order valence-corrected chi connectivity index (χ3v) is 5.02. The van der Waals surface area contributed by atoms with Crippen molar-refractivity contribution in [2.24, 2.45) is 0 Å². The lowest BCUT2D eigenvalue weighted by atomic mass is 10.0. The molecule has 0 atom stereocenters. The fraction of sp³-hybridized carbons (Fsp3) is 0.208. The van der Waals surface area contributed by atoms with Gasteiger partial charge in [-0.2, -0.15) is 0 Å². The van der Waals surface area contributed by atoms with Gasteiger partial charge in [-0.25, -0.2) is 14.2 Å². The number of aromatic nitrogens is 1. The zero-order chi connectivity index (χ0) is 22.7. The number of aryl methyl sites for hydroxylation is 3. The molecule has 1 aromatic heterocycles. The van der Waals surface area contributed by atoms with Gasteiger partial charge in [0.15, 0.2) is 0 Å². The molecule has 6 nitrogen and oxygen atoms in total. The summed E-state index contributed by atoms with van der Waals surface area (Å²) >= 11 is 0. The van der Waals surface area contributed by atoms with Crippen LogP contribution in [-0.2, 0) is 11.3 Å². The summed E-state index contributed by atoms with van der Waals surface area (Å²) in [5, 5.41) is 12.2. The van der Waals surface area contributed by atoms with Gasteiger partial charge in [0.25, 0.3) is 5.91 Å². The lowest BCUT2D eigenvalue weighted by Crippen LogP contribution is -2.17. The maximum absolute atomic E-state index is 13.7. The summed E-state index contributed by atoms with van der Waals surface area (Å²) in [6.07, 6.45) is 0. The molecule has 0 aliphatic heterocycles. The standard InChI is InChI=1S/C24H23FN2O4/c1-13-5-8-20(16-6-7-19(25)18(11-16)12-28)26-22(13)23(29)27-21-14(2)9-17(10-15(21)3)24(30)31-4/h5-11,28H,12H2,1-4H3,(H,27,29). The van der Waals surface area contributed by atoms with Crippen LogP contribution in [0.4, 0.5) is 10.1 Å². The van der Waals surface area contributed by atoms with Crippen LogP contribution in [0.2, 0.25) is 0 Å². The predicted octanol–water partition coefficient (Wildman–Crippen LogP) is 4.34. The number of esters is 1. The molecule has 0 saturated carbocycles. The molecule has 2 N–H and O–H groups in total. The average Bonchev–Trinajstić information content (AvgIpc) is 2.76. The van der Waals surface area contributed by atoms with Crippen molar-refractivity contribution in [2.75, 3.05) is 12.4 Å². The van der Waals surface area contributed by atoms with E-state index in [2.05, 4.69) is 10.3 Å². The van der Waals surface area contributed by atoms with E-state index in [0.717, 1.165) is 0 Å². The maximum atomic E-state index is 13.7. The van der Waals surface area contributed by atoms with E-state index in [1.807, 2.05) is 0 Å². The van der Waals surface area contributed by atoms with Crippen molar-refractivity contribution in [1.29, 1.82) is 0 Å². The van der Waals surface area contributed by atoms with Crippen LogP contribution in [0.3, 0.4) is 0 Å². The second-order valence-corrected chi connectivity index (χ2v) is 7.26. The molecular weight excluding hydrogens is 399 g/mol. The molecule has 7 heteroatoms. The number of hydrogen-bond acceptors (Lipinski definition) is 5. The van der Waals surface area contributed by atoms with E-state index in [0.29, 0.717) is 39.2 Å². The van der Waals surface area contributed by atoms with Crippen LogP contribution in [0, 0.1) is 26.6 Å². The zero-order valence-corrected chi connectivity index (χ0v) is 17.7. The summed E-state index contributed by atoms with van der Waals surface area (Å²) in [6.45, 7) is 4.93. The number of halogens is 1. The number of pyridine rings is 1. The number of methoxy groups -OCH3 is 1. The lowest BCUT2D eigenvalue weighted by molar-refractivity contribution is 0.0600. The molecule has 1 heterocycles. The predicted molar refractivity (Wildman–Crippen MR) is 115 cm³/mol. The summed E-state index contributed by atoms with van der Waals surface area (Å²) < 4.78 is 18.5. The second-order valence-electron chi connectivity index (χ2n) is 7.26. The molecule has 31 heavy (non-hydrogen) atoms. The van der Waals surface area contributed by atoms with Gasteiger partial charge in [-0.1, -0.05) is 6.07 Å². The number of aliphatic hydroxyl groups excluding tert-OH is 1. The van der Waals surface area contributed by atoms with Gasteiger partial charge in [-0.3, -0.25) is 4.79 Å². The highest BCUT2D eigenvalue weighted by Crippen LogP contribution is 2.25. The molecule has 0 spiro atoms. The van der Waals surface area contributed by atoms with Crippen LogP contribution in [0.15, 0.2) is 42.5 Å². The summed E-state index contributed by atoms with van der Waals surface area (Å²) in [6, 6.07) is 11.1. The molecule has 0 aliphatic rings. The first kappa shape index (κ1) is 22.1. The number of anilines is 1. The van der Waals surface area contributed by atoms with Crippen molar-refractivity contribution in [1.82, 2.24) is 4.98 Å². The highest BCUT2D eigenvalue weighted by Gasteiger charge is 2.17. The number of nitrogens with zero attached hydrogens (tertiary/aromatic N) is 1. The number of carbonyl (C=O) groups excluding carboxylic acids is 2. The van der Waals surface area contributed by atoms with Gasteiger partial charge in [0.05, 0.1) is 25.0 Å². The first-order valence-corrected chi connectivity index (χ1v) is 9.63. The SMILES string of the molecule is COC(=O)c1cc(C)c(NC(=O)c2nc(-c3ccc(F)c(CO)c3)ccc2C)c(C)c1. The normalized spacial score (nSPS) is 10.6. The summed E-state index contributed by atoms with van der Waals surface area (Å²) in [7, 11) is 1.31. The summed E-state index contributed by atoms with van der Waals surface area (Å²) in [5.74, 6) is -1.35. The molecule has 1 amide bonds. The highest BCUT2D eigenvalue weighted by atomic mass is 19.1. The van der Waals surface area contributed by atoms with Gasteiger partial charge in [0, 0.05) is 16.8 Å². The molecule has 0 aliphatic carbocycles. The number of aliphatic hydroxyl groups is 1. The molecule has 0 unspecified atom stereocenters. The monoisotopic (exact) mass is 422 g/mol. The Hall–Kier alpha value is -3.58. The van der Waals surface area contributed by atoms with Crippen LogP contribution in [0.25, 0.3) is 11.3 Å². The number of nitrogens with one attached hydrogen (secondary N) is 1. The van der Waals surface area contributed by atoms with Gasteiger partial charge in [-0.15, -0.1) is 0 Å². The Labute approximate surface area is 179 Å². The van der Waals surface area contributed by atoms with Crippen molar-refractivity contribution in [3.05, 3.63) is 81.8 Å². The third-order valence-electron chi connectivity index (χ3n) is 5.02. The van der Waals surface area contributed by atoms with Gasteiger partial charge in [-0.05, 0) is 73.9 Å². The molecular formula is C24H23FN2O4. The van der Waals surface area contributed by atoms with Gasteiger partial charge in [0.1, 0.15) is 11.5 Å². The number of ether oxygens (including phenoxy) is 1. The van der Waals surface area contributed by atoms with Crippen LogP contribution < -0.4 is 5.32 Å². The number of hydrogen-bond donors (Lipinski definition) is 2. The number of carbonyl (C=O) groups is 2. The zero-order valence-electron chi connectivity index (χ0n) is 17.7. The molecule has 3 aromatic rings. The summed E-state index contributed by atoms with van der Waals surface area (Å²) in [4.78, 5) is 29.3. The Morgan fingerprint density at radius 3 is 2.32 bits per heavy atom. The van der Waals surface area contributed by atoms with Gasteiger partial charge < -0.3 is 15.2 Å². The van der Waals surface area contributed by atoms with Crippen molar-refractivity contribution in [3.8, 4) is 11.3 Å². The van der Waals surface area contributed by atoms with Crippen LogP contribution in [0.5, 0.6) is 0 Å². The van der Waals surface area contributed by atoms with E-state index in [1.165, 1.54) is 19.2 Å². The van der Waals surface area contributed by atoms with Crippen molar-refractivity contribution in [2.45, 2.75) is 27.4 Å². The third kappa shape index (κ3) is 4.62. The van der Waals surface area contributed by atoms with Crippen LogP contribution in [-0.4, -0.2) is 29.1 Å². The molecule has 0 saturated heterocycles. The fourth-order valence-electron chi connectivity index (χ4n) is 3.34. The number of rotatable bonds is 5. The lowest BCUT2D eigenvalue weighted by Gasteiger charge is -2.14. The van der Waals surface area contributed by atoms with Crippen molar-refractivity contribution < 1.29 is 23.8 Å². The van der Waals surface area contributed by atoms with Crippen LogP contribution >= 0.6 is 0 Å². The van der Waals surface area contributed by atoms with E-state index in [1.54, 1.807) is 51.1 Å². The minimum Gasteiger partial charge on any atom is -0.465 e. The molecule has 0 bridgehead atoms. The topological polar surface area (TPSA) is 88.5 Å². The highest BCUT2D eigenvalue weighted by molar-refractivity contribution is 6.05. The van der Waals surface area contributed by atoms with E-state index in [-0.39, 0.29) is 11.3 Å². The summed E-state index contributed by atoms with van der Waals surface area (Å²) in [5.41, 5.74) is 4.56. The molecule has 0 fully saturated rings. The molecule has 2 aromatic carbocycles. The molecule has 0 radical (unpaired) electrons. The molecule has 3 rings (SSSR count). The van der Waals surface area contributed by atoms with Gasteiger partial charge >= 0.3 is 5.97 Å². The fourth-order valence-corrected chi connectivity index (χ4v) is 3.34. The van der Waals surface area contributed by atoms with Crippen molar-refractivity contribution >= 4 is 17.6 Å². The quantitative estimate of drug-likeness (QED) is 0.597. The van der Waals surface area contributed by atoms with E-state index in [4.69, 9.17) is 4.74 Å². The Bertz CT molecular complexity index is 1150. The Morgan fingerprint density at radius 2 is 1.71 bits per heavy atom. The Balaban J connectivity index is 1.94. The number of amides is 1. The Morgan fingerprint density at radius 1 is 1.03 bits per heavy atom. The molecule has 160 valence electrons. The maximum Gasteiger partial charge on any atom is 0.337 e. The first-order chi connectivity index (χ1) is 14.7. The second kappa shape index (κ2) is 9.06. The van der Waals surface area contributed by atoms with E-state index >= 15 is 0 Å². The van der Waals surface area contributed by atoms with E-state index in [9.17, 15) is 19.1 Å². The largest absolute Gasteiger partial charge is 0.465 e. The minimum absolute atomic E-state index is 0.155.